The number of carbonyl (C=O) groups excluding carboxylic acids is 1. The van der Waals surface area contributed by atoms with Crippen molar-refractivity contribution in [2.24, 2.45) is 0 Å². The molecule has 0 radical (unpaired) electrons. The molecule has 2 aromatic heterocycles. The van der Waals surface area contributed by atoms with E-state index in [2.05, 4.69) is 15.2 Å². The molecule has 19 heavy (non-hydrogen) atoms. The number of nitrogens with zero attached hydrogens (tertiary/aromatic N) is 5. The second kappa shape index (κ2) is 4.73. The largest absolute Gasteiger partial charge is 0.336 e. The van der Waals surface area contributed by atoms with Gasteiger partial charge in [-0.3, -0.25) is 4.79 Å². The molecule has 1 saturated heterocycles. The first kappa shape index (κ1) is 12.3. The Hall–Kier alpha value is -1.76. The molecule has 3 heterocycles. The number of thiazole rings is 1. The summed E-state index contributed by atoms with van der Waals surface area (Å²) in [6.07, 6.45) is 4.24. The van der Waals surface area contributed by atoms with Crippen LogP contribution in [-0.4, -0.2) is 43.9 Å². The molecule has 0 bridgehead atoms. The van der Waals surface area contributed by atoms with E-state index in [1.54, 1.807) is 17.2 Å². The molecule has 100 valence electrons. The number of hydrogen-bond acceptors (Lipinski definition) is 5. The Morgan fingerprint density at radius 1 is 1.37 bits per heavy atom. The van der Waals surface area contributed by atoms with Gasteiger partial charge in [0.05, 0.1) is 29.1 Å². The number of likely N-dealkylation sites (tertiary alicyclic amines) is 1. The highest BCUT2D eigenvalue weighted by molar-refractivity contribution is 7.13. The smallest absolute Gasteiger partial charge is 0.265 e. The van der Waals surface area contributed by atoms with Crippen molar-refractivity contribution in [2.75, 3.05) is 13.1 Å². The highest BCUT2D eigenvalue weighted by Gasteiger charge is 2.30. The maximum absolute atomic E-state index is 12.4. The van der Waals surface area contributed by atoms with Crippen molar-refractivity contribution in [3.05, 3.63) is 28.0 Å². The van der Waals surface area contributed by atoms with Gasteiger partial charge < -0.3 is 4.90 Å². The van der Waals surface area contributed by atoms with Crippen molar-refractivity contribution in [3.63, 3.8) is 0 Å². The van der Waals surface area contributed by atoms with Gasteiger partial charge in [-0.25, -0.2) is 4.98 Å². The normalized spacial score (nSPS) is 19.1. The first-order valence-electron chi connectivity index (χ1n) is 6.24. The van der Waals surface area contributed by atoms with Crippen molar-refractivity contribution in [1.82, 2.24) is 24.9 Å². The molecular weight excluding hydrogens is 262 g/mol. The maximum atomic E-state index is 12.4. The summed E-state index contributed by atoms with van der Waals surface area (Å²) in [5.74, 6) is 0.0813. The first-order valence-corrected chi connectivity index (χ1v) is 7.06. The zero-order valence-corrected chi connectivity index (χ0v) is 11.7. The Bertz CT molecular complexity index is 591. The second-order valence-electron chi connectivity index (χ2n) is 4.69. The number of amides is 1. The van der Waals surface area contributed by atoms with Crippen molar-refractivity contribution in [2.45, 2.75) is 26.3 Å². The fraction of sp³-hybridized carbons (Fsp3) is 0.500. The van der Waals surface area contributed by atoms with E-state index in [0.717, 1.165) is 28.5 Å². The lowest BCUT2D eigenvalue weighted by molar-refractivity contribution is 0.0790. The lowest BCUT2D eigenvalue weighted by Crippen LogP contribution is -2.29. The van der Waals surface area contributed by atoms with Crippen LogP contribution in [0.1, 0.15) is 32.8 Å². The summed E-state index contributed by atoms with van der Waals surface area (Å²) in [5, 5.41) is 9.22. The molecule has 1 amide bonds. The Labute approximate surface area is 115 Å². The van der Waals surface area contributed by atoms with Gasteiger partial charge in [-0.1, -0.05) is 0 Å². The van der Waals surface area contributed by atoms with Crippen LogP contribution in [0.15, 0.2) is 12.4 Å². The predicted molar refractivity (Wildman–Crippen MR) is 71.2 cm³/mol. The van der Waals surface area contributed by atoms with E-state index in [4.69, 9.17) is 0 Å². The van der Waals surface area contributed by atoms with E-state index in [-0.39, 0.29) is 11.9 Å². The molecule has 0 aromatic carbocycles. The highest BCUT2D eigenvalue weighted by atomic mass is 32.1. The van der Waals surface area contributed by atoms with Crippen LogP contribution in [-0.2, 0) is 0 Å². The highest BCUT2D eigenvalue weighted by Crippen LogP contribution is 2.25. The van der Waals surface area contributed by atoms with E-state index < -0.39 is 0 Å². The quantitative estimate of drug-likeness (QED) is 0.833. The third-order valence-corrected chi connectivity index (χ3v) is 4.37. The Balaban J connectivity index is 1.74. The van der Waals surface area contributed by atoms with Crippen molar-refractivity contribution >= 4 is 17.2 Å². The Morgan fingerprint density at radius 3 is 2.74 bits per heavy atom. The molecule has 0 aliphatic carbocycles. The third kappa shape index (κ3) is 2.25. The predicted octanol–water partition coefficient (Wildman–Crippen LogP) is 1.44. The van der Waals surface area contributed by atoms with E-state index >= 15 is 0 Å². The maximum Gasteiger partial charge on any atom is 0.265 e. The summed E-state index contributed by atoms with van der Waals surface area (Å²) < 4.78 is 0. The van der Waals surface area contributed by atoms with Gasteiger partial charge in [0.15, 0.2) is 0 Å². The molecule has 6 nitrogen and oxygen atoms in total. The van der Waals surface area contributed by atoms with Gasteiger partial charge in [0.25, 0.3) is 5.91 Å². The molecular formula is C12H15N5OS. The number of rotatable bonds is 2. The Kier molecular flexibility index (Phi) is 3.06. The van der Waals surface area contributed by atoms with Crippen LogP contribution < -0.4 is 0 Å². The summed E-state index contributed by atoms with van der Waals surface area (Å²) in [6.45, 7) is 5.24. The minimum Gasteiger partial charge on any atom is -0.336 e. The van der Waals surface area contributed by atoms with E-state index in [9.17, 15) is 4.79 Å². The molecule has 1 aliphatic heterocycles. The minimum absolute atomic E-state index is 0.0813. The van der Waals surface area contributed by atoms with Crippen molar-refractivity contribution < 1.29 is 4.79 Å². The summed E-state index contributed by atoms with van der Waals surface area (Å²) in [7, 11) is 0. The standard InChI is InChI=1S/C12H15N5OS/c1-8-11(19-9(2)15-8)12(18)16-6-3-10(7-16)17-13-4-5-14-17/h4-5,10H,3,6-7H2,1-2H3/t10-/m0/s1. The lowest BCUT2D eigenvalue weighted by atomic mass is 10.3. The van der Waals surface area contributed by atoms with Gasteiger partial charge in [-0.2, -0.15) is 15.0 Å². The van der Waals surface area contributed by atoms with Gasteiger partial charge in [0.1, 0.15) is 4.88 Å². The SMILES string of the molecule is Cc1nc(C)c(C(=O)N2CC[C@H](n3nccn3)C2)s1. The van der Waals surface area contributed by atoms with Crippen LogP contribution in [0.3, 0.4) is 0 Å². The van der Waals surface area contributed by atoms with E-state index in [0.29, 0.717) is 6.54 Å². The second-order valence-corrected chi connectivity index (χ2v) is 5.89. The molecule has 3 rings (SSSR count). The molecule has 0 unspecified atom stereocenters. The number of aromatic nitrogens is 4. The van der Waals surface area contributed by atoms with Crippen molar-refractivity contribution in [1.29, 1.82) is 0 Å². The van der Waals surface area contributed by atoms with E-state index in [1.807, 2.05) is 18.7 Å². The monoisotopic (exact) mass is 277 g/mol. The van der Waals surface area contributed by atoms with Gasteiger partial charge in [-0.05, 0) is 20.3 Å². The lowest BCUT2D eigenvalue weighted by Gasteiger charge is -2.15. The topological polar surface area (TPSA) is 63.9 Å². The molecule has 1 fully saturated rings. The fourth-order valence-corrected chi connectivity index (χ4v) is 3.29. The summed E-state index contributed by atoms with van der Waals surface area (Å²) in [6, 6.07) is 0.188. The average molecular weight is 277 g/mol. The number of aryl methyl sites for hydroxylation is 2. The third-order valence-electron chi connectivity index (χ3n) is 3.31. The number of hydrogen-bond donors (Lipinski definition) is 0. The van der Waals surface area contributed by atoms with Crippen LogP contribution in [0.4, 0.5) is 0 Å². The van der Waals surface area contributed by atoms with Gasteiger partial charge >= 0.3 is 0 Å². The summed E-state index contributed by atoms with van der Waals surface area (Å²) >= 11 is 1.47. The van der Waals surface area contributed by atoms with Gasteiger partial charge in [0, 0.05) is 13.1 Å². The summed E-state index contributed by atoms with van der Waals surface area (Å²) in [5.41, 5.74) is 0.827. The van der Waals surface area contributed by atoms with Gasteiger partial charge in [-0.15, -0.1) is 11.3 Å². The molecule has 7 heteroatoms. The zero-order chi connectivity index (χ0) is 13.4. The molecule has 1 aliphatic rings. The van der Waals surface area contributed by atoms with Crippen LogP contribution in [0.25, 0.3) is 0 Å². The van der Waals surface area contributed by atoms with Crippen LogP contribution in [0.2, 0.25) is 0 Å². The van der Waals surface area contributed by atoms with Gasteiger partial charge in [0.2, 0.25) is 0 Å². The molecule has 1 atom stereocenters. The number of carbonyl (C=O) groups is 1. The molecule has 0 saturated carbocycles. The van der Waals surface area contributed by atoms with Crippen LogP contribution in [0.5, 0.6) is 0 Å². The van der Waals surface area contributed by atoms with E-state index in [1.165, 1.54) is 11.3 Å². The summed E-state index contributed by atoms with van der Waals surface area (Å²) in [4.78, 5) is 21.1. The van der Waals surface area contributed by atoms with Crippen molar-refractivity contribution in [3.8, 4) is 0 Å². The first-order chi connectivity index (χ1) is 9.15. The average Bonchev–Trinajstić information content (AvgIpc) is 3.06. The fourth-order valence-electron chi connectivity index (χ4n) is 2.40. The Morgan fingerprint density at radius 2 is 2.11 bits per heavy atom. The van der Waals surface area contributed by atoms with Crippen LogP contribution in [0, 0.1) is 13.8 Å². The van der Waals surface area contributed by atoms with Crippen LogP contribution >= 0.6 is 11.3 Å². The molecule has 0 N–H and O–H groups in total. The molecule has 2 aromatic rings. The minimum atomic E-state index is 0.0813. The molecule has 0 spiro atoms. The zero-order valence-electron chi connectivity index (χ0n) is 10.9.